The lowest BCUT2D eigenvalue weighted by atomic mass is 9.97. The fraction of sp³-hybridized carbons (Fsp3) is 0.364. The SMILES string of the molecule is COC(=O)c1cccc(NC(=O)C2CCN(S(=O)(=O)Cc3ccc(C)cc3)CC2)c1. The number of carbonyl (C=O) groups is 2. The molecule has 1 heterocycles. The van der Waals surface area contributed by atoms with Crippen LogP contribution in [0.4, 0.5) is 5.69 Å². The number of rotatable bonds is 6. The molecule has 0 unspecified atom stereocenters. The molecule has 0 radical (unpaired) electrons. The molecule has 1 amide bonds. The van der Waals surface area contributed by atoms with Gasteiger partial charge in [-0.25, -0.2) is 17.5 Å². The van der Waals surface area contributed by atoms with Gasteiger partial charge in [-0.05, 0) is 43.5 Å². The maximum Gasteiger partial charge on any atom is 0.337 e. The maximum absolute atomic E-state index is 12.7. The third kappa shape index (κ3) is 5.46. The summed E-state index contributed by atoms with van der Waals surface area (Å²) in [5, 5.41) is 2.82. The smallest absolute Gasteiger partial charge is 0.337 e. The largest absolute Gasteiger partial charge is 0.465 e. The highest BCUT2D eigenvalue weighted by molar-refractivity contribution is 7.88. The molecule has 0 aliphatic carbocycles. The molecule has 0 atom stereocenters. The fourth-order valence-electron chi connectivity index (χ4n) is 3.47. The monoisotopic (exact) mass is 430 g/mol. The van der Waals surface area contributed by atoms with E-state index in [0.29, 0.717) is 37.2 Å². The number of hydrogen-bond acceptors (Lipinski definition) is 5. The Hall–Kier alpha value is -2.71. The summed E-state index contributed by atoms with van der Waals surface area (Å²) in [4.78, 5) is 24.2. The molecular formula is C22H26N2O5S. The van der Waals surface area contributed by atoms with Crippen molar-refractivity contribution in [2.45, 2.75) is 25.5 Å². The molecule has 3 rings (SSSR count). The zero-order valence-electron chi connectivity index (χ0n) is 17.1. The van der Waals surface area contributed by atoms with Crippen LogP contribution in [-0.4, -0.2) is 44.8 Å². The van der Waals surface area contributed by atoms with Gasteiger partial charge < -0.3 is 10.1 Å². The Labute approximate surface area is 177 Å². The van der Waals surface area contributed by atoms with Crippen LogP contribution in [0.1, 0.15) is 34.3 Å². The van der Waals surface area contributed by atoms with Crippen LogP contribution in [0.3, 0.4) is 0 Å². The van der Waals surface area contributed by atoms with Crippen LogP contribution in [-0.2, 0) is 25.3 Å². The number of aryl methyl sites for hydroxylation is 1. The number of hydrogen-bond donors (Lipinski definition) is 1. The van der Waals surface area contributed by atoms with Gasteiger partial charge in [-0.15, -0.1) is 0 Å². The van der Waals surface area contributed by atoms with Gasteiger partial charge >= 0.3 is 5.97 Å². The second kappa shape index (κ2) is 9.40. The Kier molecular flexibility index (Phi) is 6.89. The maximum atomic E-state index is 12.7. The number of nitrogens with one attached hydrogen (secondary N) is 1. The number of sulfonamides is 1. The predicted molar refractivity (Wildman–Crippen MR) is 115 cm³/mol. The van der Waals surface area contributed by atoms with Crippen molar-refractivity contribution in [2.24, 2.45) is 5.92 Å². The Morgan fingerprint density at radius 2 is 1.77 bits per heavy atom. The van der Waals surface area contributed by atoms with Crippen molar-refractivity contribution in [1.29, 1.82) is 0 Å². The van der Waals surface area contributed by atoms with E-state index in [4.69, 9.17) is 4.74 Å². The highest BCUT2D eigenvalue weighted by Crippen LogP contribution is 2.23. The number of ether oxygens (including phenoxy) is 1. The molecule has 1 aliphatic heterocycles. The standard InChI is InChI=1S/C22H26N2O5S/c1-16-6-8-17(9-7-16)15-30(27,28)24-12-10-18(11-13-24)21(25)23-20-5-3-4-19(14-20)22(26)29-2/h3-9,14,18H,10-13,15H2,1-2H3,(H,23,25). The van der Waals surface area contributed by atoms with Crippen LogP contribution < -0.4 is 5.32 Å². The highest BCUT2D eigenvalue weighted by Gasteiger charge is 2.31. The second-order valence-corrected chi connectivity index (χ2v) is 9.45. The molecule has 1 saturated heterocycles. The van der Waals surface area contributed by atoms with E-state index < -0.39 is 16.0 Å². The van der Waals surface area contributed by atoms with Gasteiger partial charge in [-0.2, -0.15) is 0 Å². The number of benzene rings is 2. The van der Waals surface area contributed by atoms with Crippen molar-refractivity contribution >= 4 is 27.6 Å². The van der Waals surface area contributed by atoms with Gasteiger partial charge in [0.1, 0.15) is 0 Å². The average molecular weight is 431 g/mol. The topological polar surface area (TPSA) is 92.8 Å². The number of anilines is 1. The Balaban J connectivity index is 1.56. The summed E-state index contributed by atoms with van der Waals surface area (Å²) in [6.07, 6.45) is 0.908. The summed E-state index contributed by atoms with van der Waals surface area (Å²) in [6, 6.07) is 14.0. The van der Waals surface area contributed by atoms with E-state index in [1.165, 1.54) is 11.4 Å². The summed E-state index contributed by atoms with van der Waals surface area (Å²) in [7, 11) is -2.13. The molecular weight excluding hydrogens is 404 g/mol. The van der Waals surface area contributed by atoms with Crippen LogP contribution in [0, 0.1) is 12.8 Å². The van der Waals surface area contributed by atoms with Crippen molar-refractivity contribution in [3.8, 4) is 0 Å². The van der Waals surface area contributed by atoms with Crippen LogP contribution in [0.5, 0.6) is 0 Å². The number of carbonyl (C=O) groups excluding carboxylic acids is 2. The number of nitrogens with zero attached hydrogens (tertiary/aromatic N) is 1. The summed E-state index contributed by atoms with van der Waals surface area (Å²) in [5.41, 5.74) is 2.70. The van der Waals surface area contributed by atoms with Crippen molar-refractivity contribution in [1.82, 2.24) is 4.31 Å². The molecule has 0 bridgehead atoms. The average Bonchev–Trinajstić information content (AvgIpc) is 2.75. The zero-order valence-corrected chi connectivity index (χ0v) is 17.9. The molecule has 30 heavy (non-hydrogen) atoms. The van der Waals surface area contributed by atoms with E-state index >= 15 is 0 Å². The molecule has 7 nitrogen and oxygen atoms in total. The molecule has 2 aromatic carbocycles. The van der Waals surface area contributed by atoms with E-state index in [0.717, 1.165) is 11.1 Å². The van der Waals surface area contributed by atoms with Gasteiger partial charge in [0.05, 0.1) is 18.4 Å². The number of amides is 1. The van der Waals surface area contributed by atoms with E-state index in [2.05, 4.69) is 5.32 Å². The Morgan fingerprint density at radius 1 is 1.10 bits per heavy atom. The van der Waals surface area contributed by atoms with Gasteiger partial charge in [0.15, 0.2) is 0 Å². The molecule has 0 spiro atoms. The second-order valence-electron chi connectivity index (χ2n) is 7.48. The third-order valence-electron chi connectivity index (χ3n) is 5.24. The van der Waals surface area contributed by atoms with Gasteiger partial charge in [-0.3, -0.25) is 4.79 Å². The predicted octanol–water partition coefficient (Wildman–Crippen LogP) is 2.96. The highest BCUT2D eigenvalue weighted by atomic mass is 32.2. The van der Waals surface area contributed by atoms with E-state index in [-0.39, 0.29) is 17.6 Å². The van der Waals surface area contributed by atoms with Crippen molar-refractivity contribution in [3.05, 3.63) is 65.2 Å². The number of methoxy groups -OCH3 is 1. The molecule has 1 aliphatic rings. The minimum absolute atomic E-state index is 0.0372. The van der Waals surface area contributed by atoms with Gasteiger partial charge in [0.25, 0.3) is 0 Å². The lowest BCUT2D eigenvalue weighted by Crippen LogP contribution is -2.41. The third-order valence-corrected chi connectivity index (χ3v) is 7.09. The first-order valence-corrected chi connectivity index (χ1v) is 11.4. The van der Waals surface area contributed by atoms with Gasteiger partial charge in [-0.1, -0.05) is 35.9 Å². The van der Waals surface area contributed by atoms with Crippen LogP contribution in [0.2, 0.25) is 0 Å². The summed E-state index contributed by atoms with van der Waals surface area (Å²) < 4.78 is 31.6. The molecule has 0 aromatic heterocycles. The molecule has 2 aromatic rings. The zero-order chi connectivity index (χ0) is 21.7. The minimum Gasteiger partial charge on any atom is -0.465 e. The lowest BCUT2D eigenvalue weighted by molar-refractivity contribution is -0.120. The Morgan fingerprint density at radius 3 is 2.40 bits per heavy atom. The number of piperidine rings is 1. The van der Waals surface area contributed by atoms with Crippen LogP contribution >= 0.6 is 0 Å². The number of esters is 1. The molecule has 8 heteroatoms. The normalized spacial score (nSPS) is 15.5. The van der Waals surface area contributed by atoms with Gasteiger partial charge in [0.2, 0.25) is 15.9 Å². The first kappa shape index (κ1) is 22.0. The molecule has 160 valence electrons. The molecule has 1 N–H and O–H groups in total. The molecule has 0 saturated carbocycles. The summed E-state index contributed by atoms with van der Waals surface area (Å²) in [6.45, 7) is 2.59. The minimum atomic E-state index is -3.43. The van der Waals surface area contributed by atoms with E-state index in [9.17, 15) is 18.0 Å². The van der Waals surface area contributed by atoms with Gasteiger partial charge in [0, 0.05) is 24.7 Å². The summed E-state index contributed by atoms with van der Waals surface area (Å²) in [5.74, 6) is -0.965. The lowest BCUT2D eigenvalue weighted by Gasteiger charge is -2.30. The molecule has 1 fully saturated rings. The Bertz CT molecular complexity index is 1010. The first-order chi connectivity index (χ1) is 14.3. The summed E-state index contributed by atoms with van der Waals surface area (Å²) >= 11 is 0. The van der Waals surface area contributed by atoms with Crippen molar-refractivity contribution in [3.63, 3.8) is 0 Å². The van der Waals surface area contributed by atoms with Crippen molar-refractivity contribution < 1.29 is 22.7 Å². The quantitative estimate of drug-likeness (QED) is 0.712. The van der Waals surface area contributed by atoms with Crippen molar-refractivity contribution in [2.75, 3.05) is 25.5 Å². The van der Waals surface area contributed by atoms with Crippen LogP contribution in [0.25, 0.3) is 0 Å². The van der Waals surface area contributed by atoms with E-state index in [1.807, 2.05) is 31.2 Å². The van der Waals surface area contributed by atoms with Crippen LogP contribution in [0.15, 0.2) is 48.5 Å². The fourth-order valence-corrected chi connectivity index (χ4v) is 5.03. The van der Waals surface area contributed by atoms with E-state index in [1.54, 1.807) is 24.3 Å². The first-order valence-electron chi connectivity index (χ1n) is 9.81.